The van der Waals surface area contributed by atoms with Gasteiger partial charge in [-0.1, -0.05) is 110 Å². The highest BCUT2D eigenvalue weighted by Crippen LogP contribution is 2.40. The first-order chi connectivity index (χ1) is 23.6. The molecule has 0 saturated carbocycles. The van der Waals surface area contributed by atoms with Gasteiger partial charge < -0.3 is 24.1 Å². The first-order valence-electron chi connectivity index (χ1n) is 16.5. The topological polar surface area (TPSA) is 76.7 Å². The summed E-state index contributed by atoms with van der Waals surface area (Å²) in [5, 5.41) is 1.24. The fraction of sp³-hybridized carbons (Fsp3) is 0.220. The number of likely N-dealkylation sites (N-methyl/N-ethyl adjacent to an activating group) is 1. The monoisotopic (exact) mass is 637 g/mol. The van der Waals surface area contributed by atoms with E-state index in [1.807, 2.05) is 91.0 Å². The number of pyridine rings is 1. The number of rotatable bonds is 11. The number of benzene rings is 4. The molecule has 6 aromatic rings. The minimum Gasteiger partial charge on any atom is -0.487 e. The molecule has 0 aliphatic carbocycles. The van der Waals surface area contributed by atoms with Gasteiger partial charge in [-0.05, 0) is 48.2 Å². The first kappa shape index (κ1) is 31.2. The minimum atomic E-state index is -0.546. The van der Waals surface area contributed by atoms with E-state index in [0.29, 0.717) is 12.2 Å². The number of aromatic nitrogens is 2. The Morgan fingerprint density at radius 3 is 2.08 bits per heavy atom. The second-order valence-electron chi connectivity index (χ2n) is 12.2. The van der Waals surface area contributed by atoms with Gasteiger partial charge in [0.25, 0.3) is 0 Å². The second-order valence-corrected chi connectivity index (χ2v) is 12.2. The van der Waals surface area contributed by atoms with Crippen molar-refractivity contribution in [1.29, 1.82) is 0 Å². The van der Waals surface area contributed by atoms with Crippen LogP contribution < -0.4 is 9.47 Å². The van der Waals surface area contributed by atoms with Crippen LogP contribution in [0.4, 0.5) is 0 Å². The summed E-state index contributed by atoms with van der Waals surface area (Å²) in [5.41, 5.74) is 9.19. The van der Waals surface area contributed by atoms with Gasteiger partial charge in [0.05, 0.1) is 5.69 Å². The highest BCUT2D eigenvalue weighted by atomic mass is 16.5. The Balaban J connectivity index is 1.35. The van der Waals surface area contributed by atoms with Crippen molar-refractivity contribution < 1.29 is 19.0 Å². The Hall–Kier alpha value is -5.40. The second kappa shape index (κ2) is 14.2. The molecule has 0 unspecified atom stereocenters. The zero-order valence-corrected chi connectivity index (χ0v) is 27.4. The molecule has 7 rings (SSSR count). The Kier molecular flexibility index (Phi) is 9.20. The average Bonchev–Trinajstić information content (AvgIpc) is 3.49. The Morgan fingerprint density at radius 2 is 1.44 bits per heavy atom. The van der Waals surface area contributed by atoms with Crippen LogP contribution in [-0.4, -0.2) is 34.4 Å². The molecule has 48 heavy (non-hydrogen) atoms. The van der Waals surface area contributed by atoms with Crippen LogP contribution in [-0.2, 0) is 43.9 Å². The van der Waals surface area contributed by atoms with Crippen LogP contribution in [0.15, 0.2) is 109 Å². The number of hydrogen-bond donors (Lipinski definition) is 1. The third-order valence-corrected chi connectivity index (χ3v) is 8.87. The lowest BCUT2D eigenvalue weighted by Crippen LogP contribution is -2.26. The summed E-state index contributed by atoms with van der Waals surface area (Å²) in [7, 11) is 2.15. The van der Waals surface area contributed by atoms with Crippen LogP contribution in [0.5, 0.6) is 11.6 Å². The van der Waals surface area contributed by atoms with Crippen molar-refractivity contribution in [3.8, 4) is 22.9 Å². The molecule has 0 amide bonds. The van der Waals surface area contributed by atoms with E-state index >= 15 is 0 Å². The molecule has 1 aliphatic rings. The van der Waals surface area contributed by atoms with Gasteiger partial charge in [0, 0.05) is 40.8 Å². The SMILES string of the molecule is CCc1c(-c2ccc3c4c([nH]c3c2)CN(C)CC4)nc(OCc2ccccc2)c(C(=O)OCc2ccccc2)c1OCc1ccccc1. The number of hydrogen-bond acceptors (Lipinski definition) is 6. The summed E-state index contributed by atoms with van der Waals surface area (Å²) in [6, 6.07) is 35.9. The molecule has 2 aromatic heterocycles. The molecule has 0 atom stereocenters. The van der Waals surface area contributed by atoms with Gasteiger partial charge in [-0.2, -0.15) is 0 Å². The number of nitrogens with zero attached hydrogens (tertiary/aromatic N) is 2. The Bertz CT molecular complexity index is 2020. The maximum atomic E-state index is 14.1. The molecule has 0 bridgehead atoms. The van der Waals surface area contributed by atoms with Crippen LogP contribution in [0.2, 0.25) is 0 Å². The normalized spacial score (nSPS) is 12.9. The number of fused-ring (bicyclic) bond motifs is 3. The molecular weight excluding hydrogens is 598 g/mol. The quantitative estimate of drug-likeness (QED) is 0.144. The number of H-pyrrole nitrogens is 1. The van der Waals surface area contributed by atoms with Crippen LogP contribution >= 0.6 is 0 Å². The van der Waals surface area contributed by atoms with Crippen LogP contribution in [0.3, 0.4) is 0 Å². The number of carbonyl (C=O) groups is 1. The molecule has 0 spiro atoms. The summed E-state index contributed by atoms with van der Waals surface area (Å²) in [5.74, 6) is 0.0648. The van der Waals surface area contributed by atoms with Crippen molar-refractivity contribution in [3.63, 3.8) is 0 Å². The van der Waals surface area contributed by atoms with Crippen LogP contribution in [0.25, 0.3) is 22.2 Å². The minimum absolute atomic E-state index is 0.114. The van der Waals surface area contributed by atoms with Gasteiger partial charge in [-0.3, -0.25) is 0 Å². The molecule has 242 valence electrons. The lowest BCUT2D eigenvalue weighted by molar-refractivity contribution is 0.0460. The number of nitrogens with one attached hydrogen (secondary N) is 1. The lowest BCUT2D eigenvalue weighted by Gasteiger charge is -2.22. The molecule has 0 radical (unpaired) electrons. The molecule has 3 heterocycles. The zero-order valence-electron chi connectivity index (χ0n) is 27.4. The van der Waals surface area contributed by atoms with E-state index in [9.17, 15) is 4.79 Å². The van der Waals surface area contributed by atoms with Gasteiger partial charge in [0.2, 0.25) is 5.88 Å². The molecule has 4 aromatic carbocycles. The van der Waals surface area contributed by atoms with E-state index in [4.69, 9.17) is 19.2 Å². The maximum Gasteiger partial charge on any atom is 0.347 e. The van der Waals surface area contributed by atoms with Gasteiger partial charge in [-0.15, -0.1) is 0 Å². The highest BCUT2D eigenvalue weighted by Gasteiger charge is 2.29. The summed E-state index contributed by atoms with van der Waals surface area (Å²) in [6.45, 7) is 4.60. The van der Waals surface area contributed by atoms with Crippen molar-refractivity contribution in [1.82, 2.24) is 14.9 Å². The lowest BCUT2D eigenvalue weighted by atomic mass is 9.98. The number of aromatic amines is 1. The molecule has 0 saturated heterocycles. The van der Waals surface area contributed by atoms with Crippen molar-refractivity contribution in [3.05, 3.63) is 148 Å². The van der Waals surface area contributed by atoms with Crippen molar-refractivity contribution in [2.24, 2.45) is 0 Å². The van der Waals surface area contributed by atoms with Crippen LogP contribution in [0, 0.1) is 0 Å². The van der Waals surface area contributed by atoms with E-state index in [2.05, 4.69) is 42.1 Å². The summed E-state index contributed by atoms with van der Waals surface area (Å²) in [4.78, 5) is 25.2. The van der Waals surface area contributed by atoms with Gasteiger partial charge >= 0.3 is 5.97 Å². The largest absolute Gasteiger partial charge is 0.487 e. The zero-order chi connectivity index (χ0) is 32.9. The number of carbonyl (C=O) groups excluding carboxylic acids is 1. The predicted octanol–water partition coefficient (Wildman–Crippen LogP) is 8.30. The van der Waals surface area contributed by atoms with E-state index < -0.39 is 5.97 Å². The van der Waals surface area contributed by atoms with Gasteiger partial charge in [0.1, 0.15) is 25.6 Å². The fourth-order valence-corrected chi connectivity index (χ4v) is 6.37. The molecule has 1 N–H and O–H groups in total. The third-order valence-electron chi connectivity index (χ3n) is 8.87. The first-order valence-corrected chi connectivity index (χ1v) is 16.5. The highest BCUT2D eigenvalue weighted by molar-refractivity contribution is 5.97. The van der Waals surface area contributed by atoms with Crippen molar-refractivity contribution in [2.75, 3.05) is 13.6 Å². The van der Waals surface area contributed by atoms with E-state index in [1.54, 1.807) is 0 Å². The Labute approximate surface area is 281 Å². The summed E-state index contributed by atoms with van der Waals surface area (Å²) >= 11 is 0. The van der Waals surface area contributed by atoms with Crippen LogP contribution in [0.1, 0.15) is 50.8 Å². The van der Waals surface area contributed by atoms with E-state index in [0.717, 1.165) is 58.5 Å². The molecule has 7 nitrogen and oxygen atoms in total. The number of ether oxygens (including phenoxy) is 3. The Morgan fingerprint density at radius 1 is 0.812 bits per heavy atom. The predicted molar refractivity (Wildman–Crippen MR) is 188 cm³/mol. The third kappa shape index (κ3) is 6.68. The van der Waals surface area contributed by atoms with E-state index in [1.165, 1.54) is 16.6 Å². The summed E-state index contributed by atoms with van der Waals surface area (Å²) in [6.07, 6.45) is 1.59. The molecule has 1 aliphatic heterocycles. The molecule has 0 fully saturated rings. The van der Waals surface area contributed by atoms with Gasteiger partial charge in [-0.25, -0.2) is 9.78 Å². The molecule has 7 heteroatoms. The van der Waals surface area contributed by atoms with E-state index in [-0.39, 0.29) is 31.3 Å². The van der Waals surface area contributed by atoms with Gasteiger partial charge in [0.15, 0.2) is 5.56 Å². The smallest absolute Gasteiger partial charge is 0.347 e. The van der Waals surface area contributed by atoms with Crippen molar-refractivity contribution >= 4 is 16.9 Å². The average molecular weight is 638 g/mol. The number of esters is 1. The maximum absolute atomic E-state index is 14.1. The van der Waals surface area contributed by atoms with Crippen molar-refractivity contribution in [2.45, 2.75) is 46.1 Å². The standard InChI is InChI=1S/C41H39N3O4/c1-3-32-38(31-19-20-33-34-21-22-44(2)24-36(34)42-35(33)23-31)43-40(47-26-29-15-9-5-10-16-29)37(39(32)46-25-28-13-7-4-8-14-28)41(45)48-27-30-17-11-6-12-18-30/h4-20,23,42H,3,21-22,24-27H2,1-2H3. The molecular formula is C41H39N3O4. The fourth-order valence-electron chi connectivity index (χ4n) is 6.37. The summed E-state index contributed by atoms with van der Waals surface area (Å²) < 4.78 is 18.9.